The minimum absolute atomic E-state index is 0.518. The number of halogens is 1. The average molecular weight is 297 g/mol. The van der Waals surface area contributed by atoms with Crippen LogP contribution in [0.1, 0.15) is 27.0 Å². The van der Waals surface area contributed by atoms with Crippen LogP contribution in [0, 0.1) is 13.8 Å². The lowest BCUT2D eigenvalue weighted by Gasteiger charge is -2.10. The average Bonchev–Trinajstić information content (AvgIpc) is 2.68. The van der Waals surface area contributed by atoms with E-state index in [1.165, 1.54) is 10.4 Å². The number of aryl methyl sites for hydroxylation is 2. The van der Waals surface area contributed by atoms with Gasteiger partial charge < -0.3 is 5.11 Å². The zero-order valence-electron chi connectivity index (χ0n) is 9.20. The van der Waals surface area contributed by atoms with E-state index in [-0.39, 0.29) is 0 Å². The molecule has 2 aromatic rings. The molecule has 1 aromatic heterocycles. The number of rotatable bonds is 2. The molecule has 0 spiro atoms. The minimum Gasteiger partial charge on any atom is -0.383 e. The number of aliphatic hydroxyl groups is 1. The fourth-order valence-electron chi connectivity index (χ4n) is 1.54. The van der Waals surface area contributed by atoms with E-state index >= 15 is 0 Å². The fraction of sp³-hybridized carbons (Fsp3) is 0.231. The van der Waals surface area contributed by atoms with Gasteiger partial charge in [0.15, 0.2) is 0 Å². The Bertz CT molecular complexity index is 504. The molecule has 1 atom stereocenters. The van der Waals surface area contributed by atoms with Crippen molar-refractivity contribution in [2.45, 2.75) is 20.0 Å². The van der Waals surface area contributed by atoms with Crippen LogP contribution in [0.2, 0.25) is 0 Å². The van der Waals surface area contributed by atoms with Gasteiger partial charge in [-0.05, 0) is 43.2 Å². The van der Waals surface area contributed by atoms with Crippen LogP contribution in [-0.2, 0) is 0 Å². The van der Waals surface area contributed by atoms with Crippen molar-refractivity contribution in [1.29, 1.82) is 0 Å². The van der Waals surface area contributed by atoms with Gasteiger partial charge in [0.05, 0.1) is 0 Å². The molecule has 1 N–H and O–H groups in total. The highest BCUT2D eigenvalue weighted by Gasteiger charge is 2.12. The van der Waals surface area contributed by atoms with E-state index in [0.29, 0.717) is 0 Å². The zero-order chi connectivity index (χ0) is 11.7. The SMILES string of the molecule is Cc1ccc(C(O)c2ccc(C)c(Br)c2)s1. The quantitative estimate of drug-likeness (QED) is 0.880. The molecule has 1 aromatic carbocycles. The molecule has 0 bridgehead atoms. The summed E-state index contributed by atoms with van der Waals surface area (Å²) in [7, 11) is 0. The van der Waals surface area contributed by atoms with E-state index in [0.717, 1.165) is 14.9 Å². The van der Waals surface area contributed by atoms with Gasteiger partial charge in [0.25, 0.3) is 0 Å². The Balaban J connectivity index is 2.33. The van der Waals surface area contributed by atoms with Crippen molar-refractivity contribution in [3.63, 3.8) is 0 Å². The fourth-order valence-corrected chi connectivity index (χ4v) is 2.83. The van der Waals surface area contributed by atoms with Crippen LogP contribution < -0.4 is 0 Å². The van der Waals surface area contributed by atoms with Crippen LogP contribution >= 0.6 is 27.3 Å². The first kappa shape index (κ1) is 11.8. The lowest BCUT2D eigenvalue weighted by Crippen LogP contribution is -1.97. The van der Waals surface area contributed by atoms with Gasteiger partial charge in [0.2, 0.25) is 0 Å². The van der Waals surface area contributed by atoms with Crippen LogP contribution in [0.25, 0.3) is 0 Å². The van der Waals surface area contributed by atoms with Gasteiger partial charge >= 0.3 is 0 Å². The van der Waals surface area contributed by atoms with E-state index in [2.05, 4.69) is 15.9 Å². The standard InChI is InChI=1S/C13H13BrOS/c1-8-3-5-10(7-11(8)14)13(15)12-6-4-9(2)16-12/h3-7,13,15H,1-2H3. The summed E-state index contributed by atoms with van der Waals surface area (Å²) in [5, 5.41) is 10.2. The second-order valence-electron chi connectivity index (χ2n) is 3.86. The Morgan fingerprint density at radius 2 is 1.94 bits per heavy atom. The van der Waals surface area contributed by atoms with E-state index in [4.69, 9.17) is 0 Å². The van der Waals surface area contributed by atoms with Crippen molar-refractivity contribution < 1.29 is 5.11 Å². The molecule has 0 aliphatic carbocycles. The summed E-state index contributed by atoms with van der Waals surface area (Å²) in [6.45, 7) is 4.08. The predicted octanol–water partition coefficient (Wildman–Crippen LogP) is 4.21. The summed E-state index contributed by atoms with van der Waals surface area (Å²) in [5.41, 5.74) is 2.11. The number of thiophene rings is 1. The molecule has 1 unspecified atom stereocenters. The highest BCUT2D eigenvalue weighted by molar-refractivity contribution is 9.10. The van der Waals surface area contributed by atoms with Crippen LogP contribution in [0.15, 0.2) is 34.8 Å². The van der Waals surface area contributed by atoms with Gasteiger partial charge in [-0.15, -0.1) is 11.3 Å². The third kappa shape index (κ3) is 2.37. The zero-order valence-corrected chi connectivity index (χ0v) is 11.6. The van der Waals surface area contributed by atoms with E-state index < -0.39 is 6.10 Å². The van der Waals surface area contributed by atoms with Crippen LogP contribution in [-0.4, -0.2) is 5.11 Å². The van der Waals surface area contributed by atoms with E-state index in [1.807, 2.05) is 44.2 Å². The first-order valence-electron chi connectivity index (χ1n) is 5.08. The van der Waals surface area contributed by atoms with Gasteiger partial charge in [0, 0.05) is 14.2 Å². The number of benzene rings is 1. The molecule has 1 heterocycles. The lowest BCUT2D eigenvalue weighted by atomic mass is 10.1. The summed E-state index contributed by atoms with van der Waals surface area (Å²) in [5.74, 6) is 0. The lowest BCUT2D eigenvalue weighted by molar-refractivity contribution is 0.224. The van der Waals surface area contributed by atoms with Crippen molar-refractivity contribution in [2.24, 2.45) is 0 Å². The summed E-state index contributed by atoms with van der Waals surface area (Å²) >= 11 is 5.12. The Morgan fingerprint density at radius 1 is 1.19 bits per heavy atom. The first-order chi connectivity index (χ1) is 7.58. The maximum absolute atomic E-state index is 10.2. The highest BCUT2D eigenvalue weighted by Crippen LogP contribution is 2.30. The molecule has 0 fully saturated rings. The third-order valence-electron chi connectivity index (χ3n) is 2.54. The molecule has 0 aliphatic heterocycles. The Morgan fingerprint density at radius 3 is 2.50 bits per heavy atom. The van der Waals surface area contributed by atoms with Gasteiger partial charge in [-0.2, -0.15) is 0 Å². The van der Waals surface area contributed by atoms with E-state index in [1.54, 1.807) is 11.3 Å². The predicted molar refractivity (Wildman–Crippen MR) is 72.0 cm³/mol. The maximum atomic E-state index is 10.2. The van der Waals surface area contributed by atoms with Crippen LogP contribution in [0.3, 0.4) is 0 Å². The molecule has 0 radical (unpaired) electrons. The second kappa shape index (κ2) is 4.70. The summed E-state index contributed by atoms with van der Waals surface area (Å²) in [6.07, 6.45) is -0.518. The maximum Gasteiger partial charge on any atom is 0.113 e. The molecule has 0 saturated heterocycles. The Labute approximate surface area is 108 Å². The molecule has 2 rings (SSSR count). The van der Waals surface area contributed by atoms with E-state index in [9.17, 15) is 5.11 Å². The molecule has 84 valence electrons. The number of hydrogen-bond donors (Lipinski definition) is 1. The largest absolute Gasteiger partial charge is 0.383 e. The van der Waals surface area contributed by atoms with Crippen molar-refractivity contribution in [3.8, 4) is 0 Å². The van der Waals surface area contributed by atoms with Gasteiger partial charge in [-0.3, -0.25) is 0 Å². The van der Waals surface area contributed by atoms with Crippen LogP contribution in [0.4, 0.5) is 0 Å². The monoisotopic (exact) mass is 296 g/mol. The molecule has 0 saturated carbocycles. The molecule has 1 nitrogen and oxygen atoms in total. The Hall–Kier alpha value is -0.640. The minimum atomic E-state index is -0.518. The summed E-state index contributed by atoms with van der Waals surface area (Å²) < 4.78 is 1.04. The molecule has 0 amide bonds. The van der Waals surface area contributed by atoms with Crippen molar-refractivity contribution in [2.75, 3.05) is 0 Å². The Kier molecular flexibility index (Phi) is 3.47. The molecular formula is C13H13BrOS. The topological polar surface area (TPSA) is 20.2 Å². The van der Waals surface area contributed by atoms with Gasteiger partial charge in [-0.1, -0.05) is 28.1 Å². The molecular weight excluding hydrogens is 284 g/mol. The molecule has 3 heteroatoms. The number of hydrogen-bond acceptors (Lipinski definition) is 2. The second-order valence-corrected chi connectivity index (χ2v) is 6.03. The number of aliphatic hydroxyl groups excluding tert-OH is 1. The summed E-state index contributed by atoms with van der Waals surface area (Å²) in [4.78, 5) is 2.22. The van der Waals surface area contributed by atoms with Crippen LogP contribution in [0.5, 0.6) is 0 Å². The van der Waals surface area contributed by atoms with Gasteiger partial charge in [0.1, 0.15) is 6.10 Å². The summed E-state index contributed by atoms with van der Waals surface area (Å²) in [6, 6.07) is 9.99. The highest BCUT2D eigenvalue weighted by atomic mass is 79.9. The van der Waals surface area contributed by atoms with Crippen molar-refractivity contribution >= 4 is 27.3 Å². The molecule has 0 aliphatic rings. The normalized spacial score (nSPS) is 12.8. The van der Waals surface area contributed by atoms with Gasteiger partial charge in [-0.25, -0.2) is 0 Å². The third-order valence-corrected chi connectivity index (χ3v) is 4.45. The van der Waals surface area contributed by atoms with Crippen molar-refractivity contribution in [3.05, 3.63) is 55.7 Å². The first-order valence-corrected chi connectivity index (χ1v) is 6.69. The smallest absolute Gasteiger partial charge is 0.113 e. The van der Waals surface area contributed by atoms with Crippen molar-refractivity contribution in [1.82, 2.24) is 0 Å². The molecule has 16 heavy (non-hydrogen) atoms.